The summed E-state index contributed by atoms with van der Waals surface area (Å²) in [5.74, 6) is 2.21. The molecule has 0 aliphatic carbocycles. The average molecular weight is 350 g/mol. The number of hydrogen-bond donors (Lipinski definition) is 0. The van der Waals surface area contributed by atoms with Crippen LogP contribution in [0.3, 0.4) is 0 Å². The zero-order valence-corrected chi connectivity index (χ0v) is 15.3. The van der Waals surface area contributed by atoms with Crippen LogP contribution in [0.15, 0.2) is 16.7 Å². The molecule has 0 saturated carbocycles. The summed E-state index contributed by atoms with van der Waals surface area (Å²) in [4.78, 5) is 29.0. The highest BCUT2D eigenvalue weighted by Crippen LogP contribution is 2.32. The van der Waals surface area contributed by atoms with Gasteiger partial charge in [0, 0.05) is 37.7 Å². The lowest BCUT2D eigenvalue weighted by atomic mass is 9.83. The highest BCUT2D eigenvalue weighted by Gasteiger charge is 2.40. The van der Waals surface area contributed by atoms with E-state index in [1.807, 2.05) is 29.7 Å². The number of carbonyl (C=O) groups is 2. The lowest BCUT2D eigenvalue weighted by molar-refractivity contribution is -0.140. The van der Waals surface area contributed by atoms with E-state index in [0.717, 1.165) is 43.7 Å². The number of nitrogens with zero attached hydrogens (tertiary/aromatic N) is 2. The van der Waals surface area contributed by atoms with E-state index in [0.29, 0.717) is 36.6 Å². The smallest absolute Gasteiger partial charge is 0.289 e. The maximum absolute atomic E-state index is 12.7. The molecule has 2 unspecified atom stereocenters. The average Bonchev–Trinajstić information content (AvgIpc) is 3.02. The number of carbonyl (C=O) groups excluding carboxylic acids is 2. The normalized spacial score (nSPS) is 24.2. The van der Waals surface area contributed by atoms with Gasteiger partial charge in [-0.15, -0.1) is 0 Å². The van der Waals surface area contributed by atoms with Gasteiger partial charge in [-0.05, 0) is 50.2 Å². The van der Waals surface area contributed by atoms with Gasteiger partial charge in [-0.2, -0.15) is 11.8 Å². The molecular weight excluding hydrogens is 324 g/mol. The molecule has 5 nitrogen and oxygen atoms in total. The van der Waals surface area contributed by atoms with Gasteiger partial charge in [-0.1, -0.05) is 0 Å². The van der Waals surface area contributed by atoms with Gasteiger partial charge in [0.15, 0.2) is 5.76 Å². The van der Waals surface area contributed by atoms with E-state index < -0.39 is 0 Å². The molecule has 24 heavy (non-hydrogen) atoms. The van der Waals surface area contributed by atoms with Crippen LogP contribution in [0.2, 0.25) is 0 Å². The minimum atomic E-state index is -0.0122. The Morgan fingerprint density at radius 2 is 2.25 bits per heavy atom. The molecule has 2 aliphatic rings. The van der Waals surface area contributed by atoms with Crippen LogP contribution in [-0.2, 0) is 4.79 Å². The van der Waals surface area contributed by atoms with E-state index in [1.165, 1.54) is 0 Å². The van der Waals surface area contributed by atoms with Crippen molar-refractivity contribution in [3.05, 3.63) is 23.7 Å². The number of rotatable bonds is 5. The summed E-state index contributed by atoms with van der Waals surface area (Å²) in [5, 5.41) is 0. The summed E-state index contributed by atoms with van der Waals surface area (Å²) >= 11 is 1.82. The molecule has 0 spiro atoms. The van der Waals surface area contributed by atoms with Crippen molar-refractivity contribution < 1.29 is 14.0 Å². The maximum atomic E-state index is 12.7. The van der Waals surface area contributed by atoms with Gasteiger partial charge in [0.1, 0.15) is 0 Å². The molecule has 0 aromatic carbocycles. The summed E-state index contributed by atoms with van der Waals surface area (Å²) in [7, 11) is 0. The van der Waals surface area contributed by atoms with Gasteiger partial charge in [0.2, 0.25) is 5.91 Å². The Balaban J connectivity index is 1.65. The van der Waals surface area contributed by atoms with Crippen molar-refractivity contribution in [2.45, 2.75) is 38.6 Å². The molecule has 0 bridgehead atoms. The van der Waals surface area contributed by atoms with Gasteiger partial charge in [-0.25, -0.2) is 0 Å². The molecule has 2 fully saturated rings. The number of fused-ring (bicyclic) bond motifs is 1. The number of thioether (sulfide) groups is 1. The van der Waals surface area contributed by atoms with Crippen LogP contribution in [0.1, 0.15) is 41.8 Å². The molecule has 0 radical (unpaired) electrons. The van der Waals surface area contributed by atoms with Crippen LogP contribution >= 0.6 is 11.8 Å². The highest BCUT2D eigenvalue weighted by atomic mass is 32.2. The van der Waals surface area contributed by atoms with Gasteiger partial charge < -0.3 is 14.2 Å². The predicted molar refractivity (Wildman–Crippen MR) is 95.2 cm³/mol. The first-order valence-corrected chi connectivity index (χ1v) is 10.1. The maximum Gasteiger partial charge on any atom is 0.289 e. The van der Waals surface area contributed by atoms with Gasteiger partial charge in [0.25, 0.3) is 5.91 Å². The van der Waals surface area contributed by atoms with Crippen LogP contribution in [0.25, 0.3) is 0 Å². The molecule has 6 heteroatoms. The summed E-state index contributed by atoms with van der Waals surface area (Å²) in [6, 6.07) is 2.13. The fraction of sp³-hybridized carbons (Fsp3) is 0.667. The number of likely N-dealkylation sites (tertiary alicyclic amines) is 2. The Kier molecular flexibility index (Phi) is 5.54. The Morgan fingerprint density at radius 3 is 2.96 bits per heavy atom. The first kappa shape index (κ1) is 17.4. The predicted octanol–water partition coefficient (Wildman–Crippen LogP) is 2.79. The van der Waals surface area contributed by atoms with E-state index in [2.05, 4.69) is 11.2 Å². The molecule has 2 amide bonds. The third kappa shape index (κ3) is 3.48. The minimum Gasteiger partial charge on any atom is -0.459 e. The summed E-state index contributed by atoms with van der Waals surface area (Å²) in [6.45, 7) is 4.19. The van der Waals surface area contributed by atoms with E-state index in [1.54, 1.807) is 6.26 Å². The van der Waals surface area contributed by atoms with Gasteiger partial charge in [0.05, 0.1) is 6.26 Å². The monoisotopic (exact) mass is 350 g/mol. The molecule has 1 aromatic heterocycles. The number of aryl methyl sites for hydroxylation is 1. The summed E-state index contributed by atoms with van der Waals surface area (Å²) < 4.78 is 5.36. The van der Waals surface area contributed by atoms with Crippen molar-refractivity contribution >= 4 is 23.6 Å². The molecule has 2 aliphatic heterocycles. The Bertz CT molecular complexity index is 601. The topological polar surface area (TPSA) is 53.8 Å². The van der Waals surface area contributed by atoms with Crippen LogP contribution < -0.4 is 0 Å². The first-order valence-electron chi connectivity index (χ1n) is 8.73. The number of hydrogen-bond acceptors (Lipinski definition) is 4. The third-order valence-electron chi connectivity index (χ3n) is 5.23. The van der Waals surface area contributed by atoms with Crippen molar-refractivity contribution in [3.63, 3.8) is 0 Å². The molecule has 3 rings (SSSR count). The zero-order chi connectivity index (χ0) is 17.1. The van der Waals surface area contributed by atoms with Gasteiger partial charge in [-0.3, -0.25) is 9.59 Å². The van der Waals surface area contributed by atoms with Gasteiger partial charge >= 0.3 is 0 Å². The fourth-order valence-electron chi connectivity index (χ4n) is 3.94. The largest absolute Gasteiger partial charge is 0.459 e. The van der Waals surface area contributed by atoms with E-state index in [9.17, 15) is 9.59 Å². The van der Waals surface area contributed by atoms with Crippen LogP contribution in [0, 0.1) is 12.8 Å². The molecule has 0 N–H and O–H groups in total. The highest BCUT2D eigenvalue weighted by molar-refractivity contribution is 7.98. The lowest BCUT2D eigenvalue weighted by Crippen LogP contribution is -2.57. The Labute approximate surface area is 147 Å². The zero-order valence-electron chi connectivity index (χ0n) is 14.5. The van der Waals surface area contributed by atoms with Crippen molar-refractivity contribution in [1.29, 1.82) is 0 Å². The standard InChI is InChI=1S/C18H26N2O3S/c1-13-7-10-23-17(13)18(22)19-9-6-15-14(12-19)4-5-16(21)20(15)8-3-11-24-2/h7,10,14-15H,3-6,8-9,11-12H2,1-2H3. The number of amides is 2. The Hall–Kier alpha value is -1.43. The third-order valence-corrected chi connectivity index (χ3v) is 5.93. The van der Waals surface area contributed by atoms with Crippen molar-refractivity contribution in [1.82, 2.24) is 9.80 Å². The molecule has 2 atom stereocenters. The fourth-order valence-corrected chi connectivity index (χ4v) is 4.36. The second-order valence-corrected chi connectivity index (χ2v) is 7.76. The van der Waals surface area contributed by atoms with Crippen LogP contribution in [-0.4, -0.2) is 59.3 Å². The number of piperidine rings is 2. The van der Waals surface area contributed by atoms with Crippen molar-refractivity contribution in [2.24, 2.45) is 5.92 Å². The van der Waals surface area contributed by atoms with Crippen molar-refractivity contribution in [3.8, 4) is 0 Å². The molecule has 132 valence electrons. The van der Waals surface area contributed by atoms with E-state index in [-0.39, 0.29) is 5.91 Å². The number of furan rings is 1. The molecule has 1 aromatic rings. The summed E-state index contributed by atoms with van der Waals surface area (Å²) in [5.41, 5.74) is 0.889. The van der Waals surface area contributed by atoms with Crippen LogP contribution in [0.5, 0.6) is 0 Å². The second kappa shape index (κ2) is 7.64. The Morgan fingerprint density at radius 1 is 1.42 bits per heavy atom. The SMILES string of the molecule is CSCCCN1C(=O)CCC2CN(C(=O)c3occc3C)CCC21. The van der Waals surface area contributed by atoms with E-state index in [4.69, 9.17) is 4.42 Å². The molecule has 3 heterocycles. The quantitative estimate of drug-likeness (QED) is 0.766. The second-order valence-electron chi connectivity index (χ2n) is 6.77. The van der Waals surface area contributed by atoms with Crippen LogP contribution in [0.4, 0.5) is 0 Å². The minimum absolute atomic E-state index is 0.0122. The lowest BCUT2D eigenvalue weighted by Gasteiger charge is -2.47. The van der Waals surface area contributed by atoms with Crippen molar-refractivity contribution in [2.75, 3.05) is 31.6 Å². The summed E-state index contributed by atoms with van der Waals surface area (Å²) in [6.07, 6.45) is 7.10. The van der Waals surface area contributed by atoms with E-state index >= 15 is 0 Å². The molecule has 2 saturated heterocycles. The first-order chi connectivity index (χ1) is 11.6. The molecular formula is C18H26N2O3S.